The highest BCUT2D eigenvalue weighted by molar-refractivity contribution is 7.14. The largest absolute Gasteiger partial charge is 0.478 e. The van der Waals surface area contributed by atoms with E-state index in [0.29, 0.717) is 26.0 Å². The number of carbonyl (C=O) groups is 2. The van der Waals surface area contributed by atoms with E-state index < -0.39 is 5.97 Å². The number of halogens is 2. The maximum Gasteiger partial charge on any atom is 0.339 e. The summed E-state index contributed by atoms with van der Waals surface area (Å²) in [6.07, 6.45) is 0.876. The minimum absolute atomic E-state index is 0.00255. The molecule has 1 heterocycles. The summed E-state index contributed by atoms with van der Waals surface area (Å²) in [4.78, 5) is 24.8. The highest BCUT2D eigenvalue weighted by atomic mass is 35.5. The second-order valence-corrected chi connectivity index (χ2v) is 7.51. The number of carboxylic acid groups (broad SMARTS) is 1. The van der Waals surface area contributed by atoms with Crippen molar-refractivity contribution in [3.63, 3.8) is 0 Å². The lowest BCUT2D eigenvalue weighted by molar-refractivity contribution is 0.0699. The average Bonchev–Trinajstić information content (AvgIpc) is 3.05. The first-order valence-electron chi connectivity index (χ1n) is 8.11. The van der Waals surface area contributed by atoms with E-state index in [9.17, 15) is 14.7 Å². The number of hydrogen-bond acceptors (Lipinski definition) is 3. The summed E-state index contributed by atoms with van der Waals surface area (Å²) in [5.74, 6) is -1.51. The number of aromatic carboxylic acids is 1. The van der Waals surface area contributed by atoms with Gasteiger partial charge in [0.25, 0.3) is 5.91 Å². The Kier molecular flexibility index (Phi) is 5.85. The van der Waals surface area contributed by atoms with Crippen LogP contribution in [0.2, 0.25) is 10.0 Å². The minimum atomic E-state index is -1.14. The summed E-state index contributed by atoms with van der Waals surface area (Å²) in [5, 5.41) is 14.8. The first-order valence-corrected chi connectivity index (χ1v) is 9.74. The Bertz CT molecular complexity index is 1010. The van der Waals surface area contributed by atoms with E-state index in [4.69, 9.17) is 23.2 Å². The van der Waals surface area contributed by atoms with Crippen LogP contribution in [-0.4, -0.2) is 17.0 Å². The zero-order valence-corrected chi connectivity index (χ0v) is 16.6. The summed E-state index contributed by atoms with van der Waals surface area (Å²) in [6, 6.07) is 12.0. The molecule has 138 valence electrons. The first kappa shape index (κ1) is 19.4. The van der Waals surface area contributed by atoms with Gasteiger partial charge in [-0.25, -0.2) is 4.79 Å². The van der Waals surface area contributed by atoms with Crippen LogP contribution >= 0.6 is 34.5 Å². The molecule has 0 fully saturated rings. The van der Waals surface area contributed by atoms with Crippen LogP contribution in [0.15, 0.2) is 47.8 Å². The van der Waals surface area contributed by atoms with Gasteiger partial charge in [-0.3, -0.25) is 4.79 Å². The lowest BCUT2D eigenvalue weighted by Gasteiger charge is -2.08. The van der Waals surface area contributed by atoms with Crippen molar-refractivity contribution in [1.82, 2.24) is 0 Å². The van der Waals surface area contributed by atoms with Gasteiger partial charge in [-0.2, -0.15) is 0 Å². The number of carbonyl (C=O) groups excluding carboxylic acids is 1. The molecule has 0 aliphatic rings. The standard InChI is InChI=1S/C20H15Cl2NO3S/c1-2-11-3-5-12(6-4-11)19(24)23-16-10-27-18(17(16)20(25)26)14-8-7-13(21)9-15(14)22/h3-10H,2H2,1H3,(H,23,24)(H,25,26). The molecule has 0 aliphatic carbocycles. The molecule has 0 saturated carbocycles. The zero-order valence-electron chi connectivity index (χ0n) is 14.3. The molecule has 3 aromatic rings. The molecular formula is C20H15Cl2NO3S. The molecule has 1 amide bonds. The fraction of sp³-hybridized carbons (Fsp3) is 0.100. The maximum atomic E-state index is 12.5. The monoisotopic (exact) mass is 419 g/mol. The predicted molar refractivity (Wildman–Crippen MR) is 111 cm³/mol. The lowest BCUT2D eigenvalue weighted by Crippen LogP contribution is -2.14. The van der Waals surface area contributed by atoms with E-state index in [2.05, 4.69) is 5.32 Å². The molecule has 7 heteroatoms. The summed E-state index contributed by atoms with van der Waals surface area (Å²) in [7, 11) is 0. The van der Waals surface area contributed by atoms with E-state index >= 15 is 0 Å². The Hall–Kier alpha value is -2.34. The number of hydrogen-bond donors (Lipinski definition) is 2. The SMILES string of the molecule is CCc1ccc(C(=O)Nc2csc(-c3ccc(Cl)cc3Cl)c2C(=O)O)cc1. The van der Waals surface area contributed by atoms with Crippen molar-refractivity contribution in [2.45, 2.75) is 13.3 Å². The van der Waals surface area contributed by atoms with E-state index in [1.54, 1.807) is 35.7 Å². The van der Waals surface area contributed by atoms with Crippen LogP contribution in [0, 0.1) is 0 Å². The van der Waals surface area contributed by atoms with Gasteiger partial charge in [0, 0.05) is 21.5 Å². The third-order valence-corrected chi connectivity index (χ3v) is 5.61. The molecule has 0 aliphatic heterocycles. The Morgan fingerprint density at radius 3 is 2.41 bits per heavy atom. The smallest absolute Gasteiger partial charge is 0.339 e. The second kappa shape index (κ2) is 8.13. The van der Waals surface area contributed by atoms with Crippen molar-refractivity contribution >= 4 is 52.1 Å². The second-order valence-electron chi connectivity index (χ2n) is 5.79. The van der Waals surface area contributed by atoms with Gasteiger partial charge in [0.1, 0.15) is 5.56 Å². The van der Waals surface area contributed by atoms with Gasteiger partial charge < -0.3 is 10.4 Å². The van der Waals surface area contributed by atoms with Gasteiger partial charge in [-0.15, -0.1) is 11.3 Å². The van der Waals surface area contributed by atoms with Crippen molar-refractivity contribution in [3.8, 4) is 10.4 Å². The number of aryl methyl sites for hydroxylation is 1. The third kappa shape index (κ3) is 4.16. The van der Waals surface area contributed by atoms with Crippen LogP contribution in [-0.2, 0) is 6.42 Å². The van der Waals surface area contributed by atoms with Crippen LogP contribution in [0.4, 0.5) is 5.69 Å². The number of thiophene rings is 1. The number of amides is 1. The van der Waals surface area contributed by atoms with Gasteiger partial charge in [0.15, 0.2) is 0 Å². The molecule has 27 heavy (non-hydrogen) atoms. The number of rotatable bonds is 5. The van der Waals surface area contributed by atoms with Crippen molar-refractivity contribution < 1.29 is 14.7 Å². The zero-order chi connectivity index (χ0) is 19.6. The van der Waals surface area contributed by atoms with Crippen molar-refractivity contribution in [2.24, 2.45) is 0 Å². The maximum absolute atomic E-state index is 12.5. The summed E-state index contributed by atoms with van der Waals surface area (Å²) < 4.78 is 0. The summed E-state index contributed by atoms with van der Waals surface area (Å²) in [6.45, 7) is 2.03. The molecule has 2 N–H and O–H groups in total. The third-order valence-electron chi connectivity index (χ3n) is 4.05. The minimum Gasteiger partial charge on any atom is -0.478 e. The highest BCUT2D eigenvalue weighted by Gasteiger charge is 2.23. The van der Waals surface area contributed by atoms with Crippen molar-refractivity contribution in [1.29, 1.82) is 0 Å². The molecule has 2 aromatic carbocycles. The molecule has 0 atom stereocenters. The van der Waals surface area contributed by atoms with Gasteiger partial charge in [0.2, 0.25) is 0 Å². The molecule has 0 spiro atoms. The molecule has 4 nitrogen and oxygen atoms in total. The molecular weight excluding hydrogens is 405 g/mol. The van der Waals surface area contributed by atoms with Crippen molar-refractivity contribution in [2.75, 3.05) is 5.32 Å². The Morgan fingerprint density at radius 2 is 1.81 bits per heavy atom. The summed E-state index contributed by atoms with van der Waals surface area (Å²) >= 11 is 13.3. The van der Waals surface area contributed by atoms with Crippen LogP contribution in [0.3, 0.4) is 0 Å². The summed E-state index contributed by atoms with van der Waals surface area (Å²) in [5.41, 5.74) is 2.37. The molecule has 0 radical (unpaired) electrons. The van der Waals surface area contributed by atoms with Crippen LogP contribution < -0.4 is 5.32 Å². The van der Waals surface area contributed by atoms with E-state index in [-0.39, 0.29) is 17.2 Å². The lowest BCUT2D eigenvalue weighted by atomic mass is 10.1. The Balaban J connectivity index is 1.95. The topological polar surface area (TPSA) is 66.4 Å². The average molecular weight is 420 g/mol. The fourth-order valence-corrected chi connectivity index (χ4v) is 4.21. The highest BCUT2D eigenvalue weighted by Crippen LogP contribution is 2.40. The molecule has 0 bridgehead atoms. The normalized spacial score (nSPS) is 10.6. The van der Waals surface area contributed by atoms with Gasteiger partial charge >= 0.3 is 5.97 Å². The molecule has 0 saturated heterocycles. The Morgan fingerprint density at radius 1 is 1.11 bits per heavy atom. The van der Waals surface area contributed by atoms with Gasteiger partial charge in [0.05, 0.1) is 15.6 Å². The van der Waals surface area contributed by atoms with E-state index in [0.717, 1.165) is 12.0 Å². The number of benzene rings is 2. The molecule has 3 rings (SSSR count). The number of anilines is 1. The predicted octanol–water partition coefficient (Wildman–Crippen LogP) is 6.23. The van der Waals surface area contributed by atoms with Crippen molar-refractivity contribution in [3.05, 3.63) is 74.6 Å². The number of carboxylic acids is 1. The van der Waals surface area contributed by atoms with Crippen LogP contribution in [0.25, 0.3) is 10.4 Å². The molecule has 0 unspecified atom stereocenters. The Labute approximate surface area is 170 Å². The fourth-order valence-electron chi connectivity index (χ4n) is 2.62. The van der Waals surface area contributed by atoms with Gasteiger partial charge in [-0.1, -0.05) is 48.3 Å². The van der Waals surface area contributed by atoms with E-state index in [1.165, 1.54) is 11.3 Å². The number of nitrogens with one attached hydrogen (secondary N) is 1. The molecule has 1 aromatic heterocycles. The quantitative estimate of drug-likeness (QED) is 0.514. The van der Waals surface area contributed by atoms with E-state index in [1.807, 2.05) is 19.1 Å². The van der Waals surface area contributed by atoms with Crippen LogP contribution in [0.5, 0.6) is 0 Å². The van der Waals surface area contributed by atoms with Crippen LogP contribution in [0.1, 0.15) is 33.2 Å². The van der Waals surface area contributed by atoms with Gasteiger partial charge in [-0.05, 0) is 36.2 Å². The first-order chi connectivity index (χ1) is 12.9.